The van der Waals surface area contributed by atoms with E-state index < -0.39 is 5.91 Å². The average Bonchev–Trinajstić information content (AvgIpc) is 3.47. The molecule has 1 radical (unpaired) electrons. The van der Waals surface area contributed by atoms with Gasteiger partial charge in [0, 0.05) is 18.8 Å². The topological polar surface area (TPSA) is 101 Å². The fourth-order valence-corrected chi connectivity index (χ4v) is 3.72. The molecule has 0 aromatic carbocycles. The molecule has 2 aromatic rings. The lowest BCUT2D eigenvalue weighted by molar-refractivity contribution is -0.107. The van der Waals surface area contributed by atoms with Crippen molar-refractivity contribution in [1.29, 1.82) is 0 Å². The summed E-state index contributed by atoms with van der Waals surface area (Å²) < 4.78 is 1.59. The highest BCUT2D eigenvalue weighted by atomic mass is 32.1. The molecular weight excluding hydrogens is 395 g/mol. The monoisotopic (exact) mass is 411 g/mol. The molecule has 0 aliphatic carbocycles. The van der Waals surface area contributed by atoms with Crippen molar-refractivity contribution in [3.63, 3.8) is 0 Å². The van der Waals surface area contributed by atoms with Crippen molar-refractivity contribution in [2.45, 2.75) is 6.04 Å². The maximum absolute atomic E-state index is 12.6. The van der Waals surface area contributed by atoms with Gasteiger partial charge in [-0.25, -0.2) is 9.48 Å². The van der Waals surface area contributed by atoms with Gasteiger partial charge in [0.05, 0.1) is 36.6 Å². The number of urea groups is 1. The van der Waals surface area contributed by atoms with Crippen LogP contribution in [-0.4, -0.2) is 76.0 Å². The van der Waals surface area contributed by atoms with E-state index in [1.807, 2.05) is 6.08 Å². The number of fused-ring (bicyclic) bond motifs is 2. The molecule has 4 rings (SSSR count). The van der Waals surface area contributed by atoms with Crippen molar-refractivity contribution in [3.8, 4) is 0 Å². The summed E-state index contributed by atoms with van der Waals surface area (Å²) in [4.78, 5) is 48.7. The van der Waals surface area contributed by atoms with E-state index >= 15 is 0 Å². The van der Waals surface area contributed by atoms with E-state index in [0.29, 0.717) is 24.2 Å². The van der Waals surface area contributed by atoms with Gasteiger partial charge < -0.3 is 14.5 Å². The van der Waals surface area contributed by atoms with Crippen molar-refractivity contribution in [1.82, 2.24) is 24.7 Å². The molecule has 0 saturated carbocycles. The Balaban J connectivity index is 1.57. The number of anilines is 1. The second-order valence-corrected chi connectivity index (χ2v) is 7.13. The van der Waals surface area contributed by atoms with Crippen LogP contribution in [0.25, 0.3) is 5.70 Å². The number of carbonyl (C=O) groups excluding carboxylic acids is 3. The van der Waals surface area contributed by atoms with E-state index in [1.54, 1.807) is 33.4 Å². The van der Waals surface area contributed by atoms with Gasteiger partial charge in [-0.05, 0) is 6.08 Å². The Morgan fingerprint density at radius 2 is 2.38 bits per heavy atom. The van der Waals surface area contributed by atoms with Crippen LogP contribution in [0.2, 0.25) is 0 Å². The third kappa shape index (κ3) is 3.59. The Bertz CT molecular complexity index is 974. The lowest BCUT2D eigenvalue weighted by Gasteiger charge is -2.21. The molecule has 10 nitrogen and oxygen atoms in total. The minimum Gasteiger partial charge on any atom is -0.332 e. The Morgan fingerprint density at radius 1 is 1.52 bits per heavy atom. The predicted molar refractivity (Wildman–Crippen MR) is 107 cm³/mol. The molecule has 1 unspecified atom stereocenters. The number of thiazole rings is 1. The van der Waals surface area contributed by atoms with Crippen molar-refractivity contribution >= 4 is 48.4 Å². The molecule has 2 aliphatic heterocycles. The standard InChI is InChI=1S/C17H16BN6O4S/c1-2-5-28-24-13-6-12(8-21(9-13)17(24)27)22-4-3-15(20-22)23(18-10-25)16(26)14-7-19-11-29-14/h2-4,6-7,10-11,13H,1,5,8-9H2. The molecule has 2 bridgehead atoms. The number of carbonyl (C=O) groups is 3. The van der Waals surface area contributed by atoms with Crippen LogP contribution in [0, 0.1) is 0 Å². The number of hydrogen-bond donors (Lipinski definition) is 0. The minimum atomic E-state index is -0.398. The number of nitrogens with zero attached hydrogens (tertiary/aromatic N) is 6. The molecule has 29 heavy (non-hydrogen) atoms. The summed E-state index contributed by atoms with van der Waals surface area (Å²) in [7, 11) is 1.12. The van der Waals surface area contributed by atoms with Gasteiger partial charge >= 0.3 is 13.4 Å². The molecule has 0 N–H and O–H groups in total. The first-order chi connectivity index (χ1) is 14.1. The highest BCUT2D eigenvalue weighted by Crippen LogP contribution is 2.27. The Morgan fingerprint density at radius 3 is 3.10 bits per heavy atom. The zero-order valence-corrected chi connectivity index (χ0v) is 16.1. The summed E-state index contributed by atoms with van der Waals surface area (Å²) in [6.45, 7) is 4.71. The molecule has 147 valence electrons. The van der Waals surface area contributed by atoms with Gasteiger partial charge in [0.25, 0.3) is 5.91 Å². The van der Waals surface area contributed by atoms with E-state index in [0.717, 1.165) is 13.1 Å². The summed E-state index contributed by atoms with van der Waals surface area (Å²) in [6.07, 6.45) is 7.12. The lowest BCUT2D eigenvalue weighted by atomic mass is 9.94. The van der Waals surface area contributed by atoms with Gasteiger partial charge in [0.2, 0.25) is 0 Å². The van der Waals surface area contributed by atoms with Crippen LogP contribution in [0.4, 0.5) is 10.6 Å². The highest BCUT2D eigenvalue weighted by molar-refractivity contribution is 7.12. The normalized spacial score (nSPS) is 17.9. The summed E-state index contributed by atoms with van der Waals surface area (Å²) in [6, 6.07) is 1.17. The van der Waals surface area contributed by atoms with E-state index in [1.165, 1.54) is 27.4 Å². The molecule has 2 aliphatic rings. The van der Waals surface area contributed by atoms with Crippen LogP contribution in [0.3, 0.4) is 0 Å². The van der Waals surface area contributed by atoms with Crippen LogP contribution < -0.4 is 4.81 Å². The minimum absolute atomic E-state index is 0.216. The molecule has 2 aromatic heterocycles. The SMILES string of the molecule is C=CCON1C(=O)N2CC(n3ccc(N([B]C=O)C(=O)c4cncs4)n3)=CC1C2. The maximum atomic E-state index is 12.6. The van der Waals surface area contributed by atoms with E-state index in [4.69, 9.17) is 4.84 Å². The quantitative estimate of drug-likeness (QED) is 0.363. The van der Waals surface area contributed by atoms with Crippen LogP contribution in [-0.2, 0) is 9.63 Å². The zero-order valence-electron chi connectivity index (χ0n) is 15.2. The van der Waals surface area contributed by atoms with E-state index in [-0.39, 0.29) is 24.5 Å². The van der Waals surface area contributed by atoms with Gasteiger partial charge in [0.15, 0.2) is 0 Å². The molecular formula is C17H16BN6O4S. The predicted octanol–water partition coefficient (Wildman–Crippen LogP) is 0.874. The zero-order chi connectivity index (χ0) is 20.4. The van der Waals surface area contributed by atoms with Crippen molar-refractivity contribution in [3.05, 3.63) is 47.6 Å². The molecule has 12 heteroatoms. The number of hydroxylamine groups is 2. The van der Waals surface area contributed by atoms with Crippen LogP contribution in [0.5, 0.6) is 0 Å². The van der Waals surface area contributed by atoms with Gasteiger partial charge in [-0.1, -0.05) is 6.08 Å². The molecule has 1 saturated heterocycles. The number of aromatic nitrogens is 3. The lowest BCUT2D eigenvalue weighted by Crippen LogP contribution is -2.35. The smallest absolute Gasteiger partial charge is 0.332 e. The van der Waals surface area contributed by atoms with Crippen LogP contribution >= 0.6 is 11.3 Å². The molecule has 4 heterocycles. The molecule has 1 atom stereocenters. The Labute approximate surface area is 170 Å². The van der Waals surface area contributed by atoms with Crippen molar-refractivity contribution in [2.24, 2.45) is 0 Å². The van der Waals surface area contributed by atoms with Gasteiger partial charge in [0.1, 0.15) is 16.9 Å². The number of hydrogen-bond acceptors (Lipinski definition) is 7. The van der Waals surface area contributed by atoms with Crippen LogP contribution in [0.15, 0.2) is 42.7 Å². The highest BCUT2D eigenvalue weighted by Gasteiger charge is 2.41. The molecule has 3 amide bonds. The number of rotatable bonds is 8. The molecule has 1 fully saturated rings. The largest absolute Gasteiger partial charge is 0.345 e. The van der Waals surface area contributed by atoms with Gasteiger partial charge in [-0.15, -0.1) is 17.9 Å². The first kappa shape index (κ1) is 19.1. The Hall–Kier alpha value is -3.25. The fraction of sp³-hybridized carbons (Fsp3) is 0.235. The van der Waals surface area contributed by atoms with E-state index in [2.05, 4.69) is 16.7 Å². The van der Waals surface area contributed by atoms with Crippen molar-refractivity contribution < 1.29 is 19.2 Å². The fourth-order valence-electron chi connectivity index (χ4n) is 3.17. The third-order valence-corrected chi connectivity index (χ3v) is 5.19. The van der Waals surface area contributed by atoms with Crippen molar-refractivity contribution in [2.75, 3.05) is 24.5 Å². The van der Waals surface area contributed by atoms with Gasteiger partial charge in [-0.2, -0.15) is 10.2 Å². The van der Waals surface area contributed by atoms with Crippen LogP contribution in [0.1, 0.15) is 9.67 Å². The first-order valence-electron chi connectivity index (χ1n) is 8.71. The maximum Gasteiger partial charge on any atom is 0.345 e. The number of amides is 3. The van der Waals surface area contributed by atoms with Gasteiger partial charge in [-0.3, -0.25) is 14.6 Å². The summed E-state index contributed by atoms with van der Waals surface area (Å²) in [5.41, 5.74) is 2.31. The second-order valence-electron chi connectivity index (χ2n) is 6.24. The van der Waals surface area contributed by atoms with E-state index in [9.17, 15) is 14.4 Å². The second kappa shape index (κ2) is 8.01. The third-order valence-electron chi connectivity index (χ3n) is 4.42. The average molecular weight is 411 g/mol. The summed E-state index contributed by atoms with van der Waals surface area (Å²) in [5.74, 6) is -0.110. The first-order valence-corrected chi connectivity index (χ1v) is 9.59. The summed E-state index contributed by atoms with van der Waals surface area (Å²) in [5, 5.41) is 5.76. The summed E-state index contributed by atoms with van der Waals surface area (Å²) >= 11 is 1.18. The molecule has 0 spiro atoms. The Kier molecular flexibility index (Phi) is 5.27.